The lowest BCUT2D eigenvalue weighted by molar-refractivity contribution is -0.180. The number of nitrogens with one attached hydrogen (secondary N) is 2. The minimum Gasteiger partial charge on any atom is -0.481 e. The van der Waals surface area contributed by atoms with Gasteiger partial charge >= 0.3 is 5.97 Å². The number of benzene rings is 1. The summed E-state index contributed by atoms with van der Waals surface area (Å²) in [6.07, 6.45) is 8.46. The standard InChI is InChI=1S/C26H35N3O5/c1-5-27-12-7-13-28-24(32)20-10-11-21(17-29-25(33)34-26(2,3)4)22(16-20)19-9-6-8-18(14-19)15-23(30)31/h5-14,20,24-25,27,29,32-33H,1,15-17H2,2-4H3,(H,30,31). The van der Waals surface area contributed by atoms with Gasteiger partial charge in [-0.3, -0.25) is 15.1 Å². The SMILES string of the molecule is C=CNC=CC=NC(O)C1C=CC(CNC(O)OC(C)(C)C)=C(c2cccc(CC(=O)O)c2)C1. The molecular weight excluding hydrogens is 434 g/mol. The highest BCUT2D eigenvalue weighted by molar-refractivity contribution is 5.75. The van der Waals surface area contributed by atoms with Gasteiger partial charge in [0.05, 0.1) is 12.0 Å². The van der Waals surface area contributed by atoms with Gasteiger partial charge in [-0.25, -0.2) is 0 Å². The smallest absolute Gasteiger partial charge is 0.307 e. The van der Waals surface area contributed by atoms with E-state index in [2.05, 4.69) is 22.2 Å². The first-order valence-corrected chi connectivity index (χ1v) is 11.1. The third-order valence-electron chi connectivity index (χ3n) is 4.95. The van der Waals surface area contributed by atoms with E-state index in [1.54, 1.807) is 18.3 Å². The van der Waals surface area contributed by atoms with Crippen LogP contribution < -0.4 is 10.6 Å². The molecule has 2 rings (SSSR count). The van der Waals surface area contributed by atoms with Gasteiger partial charge in [0, 0.05) is 24.9 Å². The van der Waals surface area contributed by atoms with Crippen LogP contribution in [0.15, 0.2) is 72.0 Å². The van der Waals surface area contributed by atoms with Crippen molar-refractivity contribution in [1.82, 2.24) is 10.6 Å². The van der Waals surface area contributed by atoms with Gasteiger partial charge < -0.3 is 25.4 Å². The number of nitrogens with zero attached hydrogens (tertiary/aromatic N) is 1. The van der Waals surface area contributed by atoms with Crippen molar-refractivity contribution in [2.75, 3.05) is 6.54 Å². The molecule has 0 amide bonds. The van der Waals surface area contributed by atoms with Gasteiger partial charge in [0.1, 0.15) is 0 Å². The van der Waals surface area contributed by atoms with E-state index in [0.29, 0.717) is 18.5 Å². The number of aliphatic hydroxyl groups excluding tert-OH is 2. The first-order valence-electron chi connectivity index (χ1n) is 11.1. The van der Waals surface area contributed by atoms with E-state index in [1.807, 2.05) is 51.1 Å². The van der Waals surface area contributed by atoms with Gasteiger partial charge in [0.2, 0.25) is 6.41 Å². The number of hydrogen-bond acceptors (Lipinski definition) is 7. The van der Waals surface area contributed by atoms with E-state index in [1.165, 1.54) is 12.4 Å². The van der Waals surface area contributed by atoms with Crippen LogP contribution in [-0.2, 0) is 16.0 Å². The van der Waals surface area contributed by atoms with Crippen LogP contribution in [0.1, 0.15) is 38.3 Å². The molecule has 0 aliphatic heterocycles. The molecule has 0 aromatic heterocycles. The number of ether oxygens (including phenoxy) is 1. The molecule has 1 aromatic carbocycles. The van der Waals surface area contributed by atoms with E-state index in [-0.39, 0.29) is 12.3 Å². The highest BCUT2D eigenvalue weighted by Crippen LogP contribution is 2.34. The Morgan fingerprint density at radius 3 is 2.79 bits per heavy atom. The van der Waals surface area contributed by atoms with Crippen LogP contribution in [-0.4, -0.2) is 52.3 Å². The fraction of sp³-hybridized carbons (Fsp3) is 0.385. The zero-order valence-electron chi connectivity index (χ0n) is 19.9. The average Bonchev–Trinajstić information content (AvgIpc) is 2.76. The molecule has 5 N–H and O–H groups in total. The van der Waals surface area contributed by atoms with E-state index in [0.717, 1.165) is 16.7 Å². The van der Waals surface area contributed by atoms with Gasteiger partial charge in [-0.1, -0.05) is 43.0 Å². The van der Waals surface area contributed by atoms with Gasteiger partial charge in [0.15, 0.2) is 6.23 Å². The topological polar surface area (TPSA) is 123 Å². The second-order valence-corrected chi connectivity index (χ2v) is 8.91. The number of carboxylic acid groups (broad SMARTS) is 1. The van der Waals surface area contributed by atoms with Crippen molar-refractivity contribution < 1.29 is 24.9 Å². The van der Waals surface area contributed by atoms with E-state index in [4.69, 9.17) is 4.74 Å². The largest absolute Gasteiger partial charge is 0.481 e. The Morgan fingerprint density at radius 1 is 1.35 bits per heavy atom. The Kier molecular flexibility index (Phi) is 10.4. The molecule has 184 valence electrons. The minimum absolute atomic E-state index is 0.0793. The Labute approximate surface area is 201 Å². The van der Waals surface area contributed by atoms with E-state index >= 15 is 0 Å². The summed E-state index contributed by atoms with van der Waals surface area (Å²) in [6.45, 7) is 9.43. The number of allylic oxidation sites excluding steroid dienone is 2. The van der Waals surface area contributed by atoms with Crippen LogP contribution in [0.2, 0.25) is 0 Å². The highest BCUT2D eigenvalue weighted by Gasteiger charge is 2.24. The maximum absolute atomic E-state index is 11.2. The molecule has 3 atom stereocenters. The second-order valence-electron chi connectivity index (χ2n) is 8.91. The predicted molar refractivity (Wildman–Crippen MR) is 134 cm³/mol. The summed E-state index contributed by atoms with van der Waals surface area (Å²) in [5.41, 5.74) is 2.88. The summed E-state index contributed by atoms with van der Waals surface area (Å²) >= 11 is 0. The Hall–Kier alpha value is -3.04. The zero-order valence-corrected chi connectivity index (χ0v) is 19.9. The molecule has 0 heterocycles. The summed E-state index contributed by atoms with van der Waals surface area (Å²) in [6, 6.07) is 7.36. The Morgan fingerprint density at radius 2 is 2.12 bits per heavy atom. The molecule has 0 saturated carbocycles. The van der Waals surface area contributed by atoms with Crippen LogP contribution in [0.3, 0.4) is 0 Å². The third kappa shape index (κ3) is 9.44. The highest BCUT2D eigenvalue weighted by atomic mass is 16.6. The van der Waals surface area contributed by atoms with E-state index in [9.17, 15) is 20.1 Å². The van der Waals surface area contributed by atoms with Crippen molar-refractivity contribution in [2.24, 2.45) is 10.9 Å². The van der Waals surface area contributed by atoms with Crippen LogP contribution in [0, 0.1) is 5.92 Å². The molecule has 1 aromatic rings. The van der Waals surface area contributed by atoms with Crippen LogP contribution in [0.5, 0.6) is 0 Å². The number of carbonyl (C=O) groups is 1. The van der Waals surface area contributed by atoms with Crippen molar-refractivity contribution >= 4 is 17.8 Å². The molecule has 1 aliphatic carbocycles. The molecule has 0 bridgehead atoms. The van der Waals surface area contributed by atoms with Gasteiger partial charge in [-0.15, -0.1) is 0 Å². The van der Waals surface area contributed by atoms with Crippen molar-refractivity contribution in [1.29, 1.82) is 0 Å². The Balaban J connectivity index is 2.26. The maximum Gasteiger partial charge on any atom is 0.307 e. The summed E-state index contributed by atoms with van der Waals surface area (Å²) < 4.78 is 5.52. The van der Waals surface area contributed by atoms with Crippen LogP contribution >= 0.6 is 0 Å². The molecule has 0 spiro atoms. The number of carboxylic acids is 1. The summed E-state index contributed by atoms with van der Waals surface area (Å²) in [5.74, 6) is -1.17. The third-order valence-corrected chi connectivity index (χ3v) is 4.95. The van der Waals surface area contributed by atoms with Crippen molar-refractivity contribution in [3.05, 3.63) is 78.2 Å². The summed E-state index contributed by atoms with van der Waals surface area (Å²) in [5, 5.41) is 35.7. The van der Waals surface area contributed by atoms with Crippen LogP contribution in [0.25, 0.3) is 5.57 Å². The number of rotatable bonds is 12. The first-order chi connectivity index (χ1) is 16.1. The molecular formula is C26H35N3O5. The molecule has 0 radical (unpaired) electrons. The lowest BCUT2D eigenvalue weighted by Crippen LogP contribution is -2.39. The lowest BCUT2D eigenvalue weighted by atomic mass is 9.84. The second kappa shape index (κ2) is 13.0. The molecule has 1 aliphatic rings. The molecule has 8 nitrogen and oxygen atoms in total. The molecule has 0 saturated heterocycles. The lowest BCUT2D eigenvalue weighted by Gasteiger charge is -2.27. The number of aliphatic carboxylic acids is 1. The van der Waals surface area contributed by atoms with E-state index < -0.39 is 24.2 Å². The zero-order chi connectivity index (χ0) is 25.1. The van der Waals surface area contributed by atoms with Gasteiger partial charge in [0.25, 0.3) is 0 Å². The number of aliphatic imine (C=N–C) groups is 1. The summed E-state index contributed by atoms with van der Waals surface area (Å²) in [4.78, 5) is 15.4. The maximum atomic E-state index is 11.2. The fourth-order valence-corrected chi connectivity index (χ4v) is 3.48. The minimum atomic E-state index is -1.15. The number of hydrogen-bond donors (Lipinski definition) is 5. The average molecular weight is 470 g/mol. The quantitative estimate of drug-likeness (QED) is 0.236. The first kappa shape index (κ1) is 27.2. The molecule has 8 heteroatoms. The van der Waals surface area contributed by atoms with Crippen molar-refractivity contribution in [3.8, 4) is 0 Å². The molecule has 34 heavy (non-hydrogen) atoms. The Bertz CT molecular complexity index is 959. The van der Waals surface area contributed by atoms with Crippen molar-refractivity contribution in [3.63, 3.8) is 0 Å². The molecule has 0 fully saturated rings. The number of aliphatic hydroxyl groups is 2. The van der Waals surface area contributed by atoms with Gasteiger partial charge in [-0.2, -0.15) is 0 Å². The van der Waals surface area contributed by atoms with Gasteiger partial charge in [-0.05, 0) is 61.7 Å². The predicted octanol–water partition coefficient (Wildman–Crippen LogP) is 2.96. The van der Waals surface area contributed by atoms with Crippen molar-refractivity contribution in [2.45, 2.75) is 51.9 Å². The summed E-state index contributed by atoms with van der Waals surface area (Å²) in [7, 11) is 0. The molecule has 3 unspecified atom stereocenters. The van der Waals surface area contributed by atoms with Crippen LogP contribution in [0.4, 0.5) is 0 Å². The normalized spacial score (nSPS) is 18.4. The fourth-order valence-electron chi connectivity index (χ4n) is 3.48. The monoisotopic (exact) mass is 469 g/mol.